The molecular weight excluding hydrogens is 318 g/mol. The number of aryl methyl sites for hydroxylation is 1. The molecule has 1 aliphatic rings. The van der Waals surface area contributed by atoms with E-state index in [9.17, 15) is 10.0 Å². The van der Waals surface area contributed by atoms with Crippen LogP contribution < -0.4 is 20.0 Å². The lowest BCUT2D eigenvalue weighted by atomic mass is 10.00. The Hall–Kier alpha value is -2.73. The van der Waals surface area contributed by atoms with Crippen LogP contribution in [0.25, 0.3) is 0 Å². The van der Waals surface area contributed by atoms with Crippen LogP contribution in [-0.4, -0.2) is 31.9 Å². The van der Waals surface area contributed by atoms with E-state index in [1.807, 2.05) is 30.3 Å². The highest BCUT2D eigenvalue weighted by Gasteiger charge is 2.20. The summed E-state index contributed by atoms with van der Waals surface area (Å²) >= 11 is 0. The molecule has 25 heavy (non-hydrogen) atoms. The first-order chi connectivity index (χ1) is 12.1. The summed E-state index contributed by atoms with van der Waals surface area (Å²) in [6.45, 7) is 1.77. The Morgan fingerprint density at radius 3 is 2.92 bits per heavy atom. The number of rotatable bonds is 4. The Bertz CT molecular complexity index is 763. The third-order valence-electron chi connectivity index (χ3n) is 4.44. The van der Waals surface area contributed by atoms with Crippen molar-refractivity contribution in [3.63, 3.8) is 0 Å². The maximum atomic E-state index is 11.6. The average molecular weight is 341 g/mol. The molecule has 0 spiro atoms. The van der Waals surface area contributed by atoms with Gasteiger partial charge in [-0.1, -0.05) is 12.1 Å². The molecule has 0 aliphatic carbocycles. The molecule has 1 heterocycles. The SMILES string of the molecule is CNC(=O)N(O)c1ccc2c(c1)CCCN2Cc1cccc(OC)c1. The van der Waals surface area contributed by atoms with Crippen LogP contribution >= 0.6 is 0 Å². The zero-order valence-corrected chi connectivity index (χ0v) is 14.5. The summed E-state index contributed by atoms with van der Waals surface area (Å²) in [5.74, 6) is 0.853. The van der Waals surface area contributed by atoms with E-state index in [1.54, 1.807) is 13.2 Å². The quantitative estimate of drug-likeness (QED) is 0.662. The van der Waals surface area contributed by atoms with Gasteiger partial charge < -0.3 is 15.0 Å². The first kappa shape index (κ1) is 17.1. The summed E-state index contributed by atoms with van der Waals surface area (Å²) in [5, 5.41) is 13.0. The number of nitrogens with one attached hydrogen (secondary N) is 1. The number of carbonyl (C=O) groups excluding carboxylic acids is 1. The van der Waals surface area contributed by atoms with Crippen LogP contribution in [0.3, 0.4) is 0 Å². The molecule has 6 nitrogen and oxygen atoms in total. The Labute approximate surface area is 147 Å². The van der Waals surface area contributed by atoms with Crippen molar-refractivity contribution in [1.29, 1.82) is 0 Å². The second-order valence-electron chi connectivity index (χ2n) is 6.06. The van der Waals surface area contributed by atoms with Gasteiger partial charge in [0.15, 0.2) is 0 Å². The molecule has 0 fully saturated rings. The first-order valence-electron chi connectivity index (χ1n) is 8.34. The van der Waals surface area contributed by atoms with Crippen LogP contribution in [0.5, 0.6) is 5.75 Å². The lowest BCUT2D eigenvalue weighted by molar-refractivity contribution is 0.206. The van der Waals surface area contributed by atoms with E-state index in [1.165, 1.54) is 12.6 Å². The number of amides is 2. The largest absolute Gasteiger partial charge is 0.497 e. The lowest BCUT2D eigenvalue weighted by Gasteiger charge is -2.32. The highest BCUT2D eigenvalue weighted by Crippen LogP contribution is 2.32. The Morgan fingerprint density at radius 2 is 2.16 bits per heavy atom. The second-order valence-corrected chi connectivity index (χ2v) is 6.06. The minimum absolute atomic E-state index is 0.473. The van der Waals surface area contributed by atoms with Gasteiger partial charge >= 0.3 is 6.03 Å². The van der Waals surface area contributed by atoms with Gasteiger partial charge in [-0.3, -0.25) is 5.21 Å². The number of fused-ring (bicyclic) bond motifs is 1. The number of hydrogen-bond donors (Lipinski definition) is 2. The molecule has 2 aromatic carbocycles. The zero-order chi connectivity index (χ0) is 17.8. The van der Waals surface area contributed by atoms with Crippen LogP contribution in [-0.2, 0) is 13.0 Å². The normalized spacial score (nSPS) is 13.2. The number of methoxy groups -OCH3 is 1. The van der Waals surface area contributed by atoms with Crippen LogP contribution in [0.15, 0.2) is 42.5 Å². The van der Waals surface area contributed by atoms with Crippen molar-refractivity contribution in [2.75, 3.05) is 30.7 Å². The number of nitrogens with zero attached hydrogens (tertiary/aromatic N) is 2. The molecule has 2 amide bonds. The number of anilines is 2. The van der Waals surface area contributed by atoms with Gasteiger partial charge in [-0.15, -0.1) is 0 Å². The second kappa shape index (κ2) is 7.44. The Morgan fingerprint density at radius 1 is 1.32 bits per heavy atom. The van der Waals surface area contributed by atoms with E-state index in [0.29, 0.717) is 10.8 Å². The summed E-state index contributed by atoms with van der Waals surface area (Å²) in [5.41, 5.74) is 3.93. The van der Waals surface area contributed by atoms with Crippen molar-refractivity contribution >= 4 is 17.4 Å². The minimum Gasteiger partial charge on any atom is -0.497 e. The van der Waals surface area contributed by atoms with E-state index in [0.717, 1.165) is 42.9 Å². The van der Waals surface area contributed by atoms with Crippen molar-refractivity contribution in [2.45, 2.75) is 19.4 Å². The van der Waals surface area contributed by atoms with E-state index >= 15 is 0 Å². The first-order valence-corrected chi connectivity index (χ1v) is 8.34. The Kier molecular flexibility index (Phi) is 5.09. The molecule has 6 heteroatoms. The fourth-order valence-corrected chi connectivity index (χ4v) is 3.17. The van der Waals surface area contributed by atoms with Crippen molar-refractivity contribution in [3.8, 4) is 5.75 Å². The summed E-state index contributed by atoms with van der Waals surface area (Å²) < 4.78 is 5.30. The number of hydrogen-bond acceptors (Lipinski definition) is 4. The molecule has 2 N–H and O–H groups in total. The molecule has 0 saturated carbocycles. The number of ether oxygens (including phenoxy) is 1. The smallest absolute Gasteiger partial charge is 0.345 e. The van der Waals surface area contributed by atoms with E-state index in [-0.39, 0.29) is 0 Å². The molecule has 2 aromatic rings. The van der Waals surface area contributed by atoms with Crippen molar-refractivity contribution in [2.24, 2.45) is 0 Å². The topological polar surface area (TPSA) is 65.0 Å². The fraction of sp³-hybridized carbons (Fsp3) is 0.316. The number of hydroxylamine groups is 1. The number of benzene rings is 2. The van der Waals surface area contributed by atoms with Gasteiger partial charge in [-0.2, -0.15) is 5.06 Å². The monoisotopic (exact) mass is 341 g/mol. The highest BCUT2D eigenvalue weighted by atomic mass is 16.5. The number of carbonyl (C=O) groups is 1. The third-order valence-corrected chi connectivity index (χ3v) is 4.44. The lowest BCUT2D eigenvalue weighted by Crippen LogP contribution is -2.35. The predicted molar refractivity (Wildman–Crippen MR) is 97.5 cm³/mol. The molecule has 0 aromatic heterocycles. The predicted octanol–water partition coefficient (Wildman–Crippen LogP) is 3.18. The van der Waals surface area contributed by atoms with Crippen LogP contribution in [0.4, 0.5) is 16.2 Å². The summed E-state index contributed by atoms with van der Waals surface area (Å²) in [7, 11) is 3.16. The maximum absolute atomic E-state index is 11.6. The van der Waals surface area contributed by atoms with E-state index in [4.69, 9.17) is 4.74 Å². The van der Waals surface area contributed by atoms with Gasteiger partial charge in [0.1, 0.15) is 5.75 Å². The summed E-state index contributed by atoms with van der Waals surface area (Å²) in [6, 6.07) is 13.1. The molecule has 0 saturated heterocycles. The molecule has 0 atom stereocenters. The van der Waals surface area contributed by atoms with Gasteiger partial charge in [0, 0.05) is 25.8 Å². The van der Waals surface area contributed by atoms with Gasteiger partial charge in [0.2, 0.25) is 0 Å². The van der Waals surface area contributed by atoms with Crippen LogP contribution in [0.1, 0.15) is 17.5 Å². The van der Waals surface area contributed by atoms with Crippen molar-refractivity contribution in [1.82, 2.24) is 5.32 Å². The molecule has 0 bridgehead atoms. The van der Waals surface area contributed by atoms with Crippen molar-refractivity contribution < 1.29 is 14.7 Å². The van der Waals surface area contributed by atoms with Gasteiger partial charge in [-0.05, 0) is 54.3 Å². The van der Waals surface area contributed by atoms with Gasteiger partial charge in [0.25, 0.3) is 0 Å². The highest BCUT2D eigenvalue weighted by molar-refractivity contribution is 5.89. The van der Waals surface area contributed by atoms with Crippen molar-refractivity contribution in [3.05, 3.63) is 53.6 Å². The molecular formula is C19H23N3O3. The Balaban J connectivity index is 1.83. The standard InChI is InChI=1S/C19H23N3O3/c1-20-19(23)22(24)16-8-9-18-15(12-16)6-4-10-21(18)13-14-5-3-7-17(11-14)25-2/h3,5,7-9,11-12,24H,4,6,10,13H2,1-2H3,(H,20,23). The summed E-state index contributed by atoms with van der Waals surface area (Å²) in [6.07, 6.45) is 1.96. The van der Waals surface area contributed by atoms with E-state index < -0.39 is 6.03 Å². The summed E-state index contributed by atoms with van der Waals surface area (Å²) in [4.78, 5) is 13.9. The van der Waals surface area contributed by atoms with Gasteiger partial charge in [-0.25, -0.2) is 4.79 Å². The molecule has 0 radical (unpaired) electrons. The molecule has 132 valence electrons. The van der Waals surface area contributed by atoms with Gasteiger partial charge in [0.05, 0.1) is 12.8 Å². The zero-order valence-electron chi connectivity index (χ0n) is 14.5. The van der Waals surface area contributed by atoms with E-state index in [2.05, 4.69) is 16.3 Å². The van der Waals surface area contributed by atoms with Crippen LogP contribution in [0, 0.1) is 0 Å². The minimum atomic E-state index is -0.552. The molecule has 1 aliphatic heterocycles. The maximum Gasteiger partial charge on any atom is 0.345 e. The molecule has 3 rings (SSSR count). The third kappa shape index (κ3) is 3.69. The fourth-order valence-electron chi connectivity index (χ4n) is 3.17. The molecule has 0 unspecified atom stereocenters. The van der Waals surface area contributed by atoms with Crippen LogP contribution in [0.2, 0.25) is 0 Å². The number of urea groups is 1. The average Bonchev–Trinajstić information content (AvgIpc) is 2.66.